The fourth-order valence-electron chi connectivity index (χ4n) is 2.47. The van der Waals surface area contributed by atoms with Crippen molar-refractivity contribution in [3.05, 3.63) is 70.8 Å². The summed E-state index contributed by atoms with van der Waals surface area (Å²) in [4.78, 5) is 11.9. The molecule has 0 aliphatic rings. The summed E-state index contributed by atoms with van der Waals surface area (Å²) in [6.07, 6.45) is 3.38. The van der Waals surface area contributed by atoms with Crippen LogP contribution in [0.4, 0.5) is 0 Å². The number of benzene rings is 2. The third kappa shape index (κ3) is 6.07. The Bertz CT molecular complexity index is 768. The van der Waals surface area contributed by atoms with Gasteiger partial charge in [0.05, 0.1) is 6.54 Å². The van der Waals surface area contributed by atoms with Gasteiger partial charge in [-0.3, -0.25) is 4.79 Å². The lowest BCUT2D eigenvalue weighted by Crippen LogP contribution is -2.26. The van der Waals surface area contributed by atoms with Crippen LogP contribution >= 0.6 is 0 Å². The van der Waals surface area contributed by atoms with Crippen LogP contribution in [0.3, 0.4) is 0 Å². The van der Waals surface area contributed by atoms with Crippen molar-refractivity contribution in [1.82, 2.24) is 5.32 Å². The van der Waals surface area contributed by atoms with Crippen LogP contribution in [0.5, 0.6) is 5.75 Å². The molecule has 0 saturated carbocycles. The van der Waals surface area contributed by atoms with Crippen molar-refractivity contribution in [2.45, 2.75) is 40.0 Å². The van der Waals surface area contributed by atoms with E-state index >= 15 is 0 Å². The molecule has 0 aliphatic heterocycles. The van der Waals surface area contributed by atoms with Crippen LogP contribution < -0.4 is 10.1 Å². The second kappa shape index (κ2) is 8.70. The number of rotatable bonds is 6. The fourth-order valence-corrected chi connectivity index (χ4v) is 2.47. The average molecular weight is 351 g/mol. The van der Waals surface area contributed by atoms with Gasteiger partial charge >= 0.3 is 0 Å². The quantitative estimate of drug-likeness (QED) is 0.599. The first kappa shape index (κ1) is 19.8. The summed E-state index contributed by atoms with van der Waals surface area (Å²) >= 11 is 0. The number of hydrogen-bond acceptors (Lipinski definition) is 2. The Morgan fingerprint density at radius 2 is 1.73 bits per heavy atom. The minimum atomic E-state index is -0.117. The van der Waals surface area contributed by atoms with E-state index in [-0.39, 0.29) is 11.3 Å². The predicted molar refractivity (Wildman–Crippen MR) is 109 cm³/mol. The highest BCUT2D eigenvalue weighted by molar-refractivity contribution is 5.91. The van der Waals surface area contributed by atoms with Gasteiger partial charge in [-0.15, -0.1) is 0 Å². The molecule has 1 N–H and O–H groups in total. The van der Waals surface area contributed by atoms with Gasteiger partial charge in [-0.1, -0.05) is 51.1 Å². The van der Waals surface area contributed by atoms with Crippen molar-refractivity contribution in [1.29, 1.82) is 0 Å². The molecule has 0 fully saturated rings. The van der Waals surface area contributed by atoms with Crippen LogP contribution in [0.2, 0.25) is 0 Å². The largest absolute Gasteiger partial charge is 0.492 e. The molecule has 0 spiro atoms. The Morgan fingerprint density at radius 1 is 1.04 bits per heavy atom. The van der Waals surface area contributed by atoms with Crippen LogP contribution in [0, 0.1) is 13.8 Å². The topological polar surface area (TPSA) is 38.3 Å². The van der Waals surface area contributed by atoms with Crippen molar-refractivity contribution >= 4 is 12.0 Å². The zero-order valence-electron chi connectivity index (χ0n) is 16.4. The first-order valence-corrected chi connectivity index (χ1v) is 9.02. The molecule has 0 bridgehead atoms. The molecule has 1 amide bonds. The first-order chi connectivity index (χ1) is 12.3. The first-order valence-electron chi connectivity index (χ1n) is 9.02. The summed E-state index contributed by atoms with van der Waals surface area (Å²) in [5, 5.41) is 2.83. The summed E-state index contributed by atoms with van der Waals surface area (Å²) in [5.74, 6) is 0.713. The maximum atomic E-state index is 11.9. The normalized spacial score (nSPS) is 11.6. The number of carbonyl (C=O) groups excluding carboxylic acids is 1. The lowest BCUT2D eigenvalue weighted by molar-refractivity contribution is -0.116. The van der Waals surface area contributed by atoms with E-state index in [0.717, 1.165) is 11.3 Å². The predicted octanol–water partition coefficient (Wildman–Crippen LogP) is 4.81. The summed E-state index contributed by atoms with van der Waals surface area (Å²) in [6.45, 7) is 11.6. The van der Waals surface area contributed by atoms with E-state index in [1.807, 2.05) is 36.4 Å². The number of hydrogen-bond donors (Lipinski definition) is 1. The minimum Gasteiger partial charge on any atom is -0.492 e. The molecule has 2 aromatic carbocycles. The molecule has 3 heteroatoms. The van der Waals surface area contributed by atoms with Crippen molar-refractivity contribution in [2.75, 3.05) is 13.2 Å². The van der Waals surface area contributed by atoms with Gasteiger partial charge in [0.1, 0.15) is 12.4 Å². The highest BCUT2D eigenvalue weighted by atomic mass is 16.5. The summed E-state index contributed by atoms with van der Waals surface area (Å²) < 4.78 is 5.66. The molecule has 0 aliphatic carbocycles. The van der Waals surface area contributed by atoms with E-state index in [0.29, 0.717) is 13.2 Å². The zero-order valence-corrected chi connectivity index (χ0v) is 16.4. The third-order valence-corrected chi connectivity index (χ3v) is 4.35. The smallest absolute Gasteiger partial charge is 0.244 e. The molecule has 26 heavy (non-hydrogen) atoms. The van der Waals surface area contributed by atoms with E-state index in [1.54, 1.807) is 6.08 Å². The van der Waals surface area contributed by atoms with Crippen molar-refractivity contribution in [3.8, 4) is 5.75 Å². The summed E-state index contributed by atoms with van der Waals surface area (Å²) in [5.41, 5.74) is 4.87. The lowest BCUT2D eigenvalue weighted by atomic mass is 9.87. The van der Waals surface area contributed by atoms with Crippen LogP contribution in [0.15, 0.2) is 48.5 Å². The van der Waals surface area contributed by atoms with Crippen molar-refractivity contribution in [2.24, 2.45) is 0 Å². The van der Waals surface area contributed by atoms with Crippen molar-refractivity contribution in [3.63, 3.8) is 0 Å². The molecule has 0 heterocycles. The fraction of sp³-hybridized carbons (Fsp3) is 0.348. The highest BCUT2D eigenvalue weighted by Crippen LogP contribution is 2.22. The third-order valence-electron chi connectivity index (χ3n) is 4.35. The second-order valence-electron chi connectivity index (χ2n) is 7.59. The molecule has 0 radical (unpaired) electrons. The molecular formula is C23H29NO2. The monoisotopic (exact) mass is 351 g/mol. The van der Waals surface area contributed by atoms with E-state index in [2.05, 4.69) is 52.1 Å². The lowest BCUT2D eigenvalue weighted by Gasteiger charge is -2.18. The number of ether oxygens (including phenoxy) is 1. The molecule has 0 aromatic heterocycles. The van der Waals surface area contributed by atoms with Crippen LogP contribution in [0.25, 0.3) is 6.08 Å². The molecule has 2 rings (SSSR count). The maximum absolute atomic E-state index is 11.9. The Balaban J connectivity index is 1.76. The van der Waals surface area contributed by atoms with E-state index in [4.69, 9.17) is 4.74 Å². The van der Waals surface area contributed by atoms with Gasteiger partial charge in [0.2, 0.25) is 5.91 Å². The number of aryl methyl sites for hydroxylation is 2. The van der Waals surface area contributed by atoms with Gasteiger partial charge in [-0.25, -0.2) is 0 Å². The van der Waals surface area contributed by atoms with Gasteiger partial charge in [0.25, 0.3) is 0 Å². The number of amides is 1. The molecular weight excluding hydrogens is 322 g/mol. The van der Waals surface area contributed by atoms with Crippen LogP contribution in [0.1, 0.15) is 43.0 Å². The average Bonchev–Trinajstić information content (AvgIpc) is 2.59. The Labute approximate surface area is 157 Å². The molecule has 3 nitrogen and oxygen atoms in total. The van der Waals surface area contributed by atoms with Crippen LogP contribution in [-0.4, -0.2) is 19.1 Å². The molecule has 2 aromatic rings. The van der Waals surface area contributed by atoms with Crippen molar-refractivity contribution < 1.29 is 9.53 Å². The highest BCUT2D eigenvalue weighted by Gasteiger charge is 2.12. The Hall–Kier alpha value is -2.55. The summed E-state index contributed by atoms with van der Waals surface area (Å²) in [7, 11) is 0. The van der Waals surface area contributed by atoms with Gasteiger partial charge in [-0.05, 0) is 59.7 Å². The molecule has 0 saturated heterocycles. The van der Waals surface area contributed by atoms with Gasteiger partial charge in [0.15, 0.2) is 0 Å². The zero-order chi connectivity index (χ0) is 19.2. The van der Waals surface area contributed by atoms with Gasteiger partial charge in [0, 0.05) is 6.08 Å². The SMILES string of the molecule is Cc1ccc(OCCNC(=O)/C=C/c2ccc(C(C)(C)C)cc2)cc1C. The van der Waals surface area contributed by atoms with E-state index in [1.165, 1.54) is 16.7 Å². The van der Waals surface area contributed by atoms with Crippen LogP contribution in [-0.2, 0) is 10.2 Å². The second-order valence-corrected chi connectivity index (χ2v) is 7.59. The maximum Gasteiger partial charge on any atom is 0.244 e. The number of carbonyl (C=O) groups is 1. The van der Waals surface area contributed by atoms with E-state index < -0.39 is 0 Å². The molecule has 0 atom stereocenters. The molecule has 138 valence electrons. The Kier molecular flexibility index (Phi) is 6.62. The van der Waals surface area contributed by atoms with E-state index in [9.17, 15) is 4.79 Å². The molecule has 0 unspecified atom stereocenters. The Morgan fingerprint density at radius 3 is 2.35 bits per heavy atom. The summed E-state index contributed by atoms with van der Waals surface area (Å²) in [6, 6.07) is 14.3. The standard InChI is InChI=1S/C23H29NO2/c1-17-6-12-21(16-18(17)2)26-15-14-24-22(25)13-9-19-7-10-20(11-8-19)23(3,4)5/h6-13,16H,14-15H2,1-5H3,(H,24,25)/b13-9+. The minimum absolute atomic E-state index is 0.117. The van der Waals surface area contributed by atoms with Gasteiger partial charge in [-0.2, -0.15) is 0 Å². The number of nitrogens with one attached hydrogen (secondary N) is 1. The van der Waals surface area contributed by atoms with Gasteiger partial charge < -0.3 is 10.1 Å².